The molecule has 0 N–H and O–H groups in total. The van der Waals surface area contributed by atoms with E-state index in [2.05, 4.69) is 4.74 Å². The number of esters is 2. The molecule has 0 saturated carbocycles. The Labute approximate surface area is 118 Å². The average molecular weight is 280 g/mol. The minimum atomic E-state index is -0.537. The number of ether oxygens (including phenoxy) is 3. The van der Waals surface area contributed by atoms with Gasteiger partial charge in [0.05, 0.1) is 12.7 Å². The summed E-state index contributed by atoms with van der Waals surface area (Å²) in [5.74, 6) is -0.316. The quantitative estimate of drug-likeness (QED) is 0.793. The molecule has 0 aliphatic carbocycles. The van der Waals surface area contributed by atoms with Gasteiger partial charge >= 0.3 is 11.9 Å². The lowest BCUT2D eigenvalue weighted by Crippen LogP contribution is -2.27. The van der Waals surface area contributed by atoms with Gasteiger partial charge in [0.1, 0.15) is 11.4 Å². The van der Waals surface area contributed by atoms with Gasteiger partial charge < -0.3 is 14.2 Å². The Balaban J connectivity index is 2.66. The monoisotopic (exact) mass is 280 g/mol. The first-order valence-electron chi connectivity index (χ1n) is 6.26. The predicted molar refractivity (Wildman–Crippen MR) is 73.9 cm³/mol. The molecule has 0 aliphatic rings. The van der Waals surface area contributed by atoms with Crippen LogP contribution in [0.1, 0.15) is 36.7 Å². The van der Waals surface area contributed by atoms with Crippen molar-refractivity contribution in [2.45, 2.75) is 33.3 Å². The van der Waals surface area contributed by atoms with Gasteiger partial charge in [0, 0.05) is 0 Å². The lowest BCUT2D eigenvalue weighted by molar-refractivity contribution is -0.157. The summed E-state index contributed by atoms with van der Waals surface area (Å²) in [4.78, 5) is 22.9. The second kappa shape index (κ2) is 6.41. The molecule has 5 nitrogen and oxygen atoms in total. The minimum absolute atomic E-state index is 0.171. The van der Waals surface area contributed by atoms with Crippen molar-refractivity contribution in [2.75, 3.05) is 13.7 Å². The van der Waals surface area contributed by atoms with Gasteiger partial charge in [-0.25, -0.2) is 9.59 Å². The third-order valence-electron chi connectivity index (χ3n) is 2.36. The molecule has 0 aliphatic heterocycles. The molecule has 0 atom stereocenters. The fourth-order valence-corrected chi connectivity index (χ4v) is 1.56. The standard InChI is InChI=1S/C15H20O5/c1-10-8-11(14(17)18-5)6-7-12(10)19-9-13(16)20-15(2,3)4/h6-8H,9H2,1-5H3. The Morgan fingerprint density at radius 1 is 1.20 bits per heavy atom. The fraction of sp³-hybridized carbons (Fsp3) is 0.467. The Morgan fingerprint density at radius 2 is 1.85 bits per heavy atom. The number of carbonyl (C=O) groups excluding carboxylic acids is 2. The Kier molecular flexibility index (Phi) is 5.13. The molecule has 0 amide bonds. The van der Waals surface area contributed by atoms with Crippen LogP contribution in [0.5, 0.6) is 5.75 Å². The van der Waals surface area contributed by atoms with E-state index in [-0.39, 0.29) is 6.61 Å². The summed E-state index contributed by atoms with van der Waals surface area (Å²) < 4.78 is 15.2. The molecule has 1 aromatic carbocycles. The first-order valence-corrected chi connectivity index (χ1v) is 6.26. The summed E-state index contributed by atoms with van der Waals surface area (Å²) in [5, 5.41) is 0. The van der Waals surface area contributed by atoms with E-state index >= 15 is 0 Å². The van der Waals surface area contributed by atoms with Crippen molar-refractivity contribution in [1.29, 1.82) is 0 Å². The summed E-state index contributed by atoms with van der Waals surface area (Å²) in [5.41, 5.74) is 0.649. The van der Waals surface area contributed by atoms with Gasteiger partial charge in [-0.2, -0.15) is 0 Å². The Morgan fingerprint density at radius 3 is 2.35 bits per heavy atom. The van der Waals surface area contributed by atoms with Crippen LogP contribution in [0.3, 0.4) is 0 Å². The van der Waals surface area contributed by atoms with E-state index in [0.29, 0.717) is 11.3 Å². The zero-order valence-electron chi connectivity index (χ0n) is 12.5. The maximum atomic E-state index is 11.5. The third kappa shape index (κ3) is 4.91. The molecule has 1 rings (SSSR count). The van der Waals surface area contributed by atoms with Crippen molar-refractivity contribution >= 4 is 11.9 Å². The van der Waals surface area contributed by atoms with Gasteiger partial charge in [-0.05, 0) is 51.5 Å². The van der Waals surface area contributed by atoms with Gasteiger partial charge in [0.2, 0.25) is 0 Å². The highest BCUT2D eigenvalue weighted by Gasteiger charge is 2.17. The van der Waals surface area contributed by atoms with E-state index in [9.17, 15) is 9.59 Å². The van der Waals surface area contributed by atoms with Crippen molar-refractivity contribution < 1.29 is 23.8 Å². The predicted octanol–water partition coefficient (Wildman–Crippen LogP) is 2.50. The second-order valence-corrected chi connectivity index (χ2v) is 5.35. The number of hydrogen-bond donors (Lipinski definition) is 0. The summed E-state index contributed by atoms with van der Waals surface area (Å²) >= 11 is 0. The summed E-state index contributed by atoms with van der Waals surface area (Å²) in [6.45, 7) is 7.00. The number of aryl methyl sites for hydroxylation is 1. The first-order chi connectivity index (χ1) is 9.23. The minimum Gasteiger partial charge on any atom is -0.482 e. The summed E-state index contributed by atoms with van der Waals surface area (Å²) in [6.07, 6.45) is 0. The second-order valence-electron chi connectivity index (χ2n) is 5.35. The number of methoxy groups -OCH3 is 1. The van der Waals surface area contributed by atoms with E-state index in [1.54, 1.807) is 45.9 Å². The largest absolute Gasteiger partial charge is 0.482 e. The number of rotatable bonds is 4. The average Bonchev–Trinajstić information content (AvgIpc) is 2.34. The molecule has 0 aromatic heterocycles. The third-order valence-corrected chi connectivity index (χ3v) is 2.36. The SMILES string of the molecule is COC(=O)c1ccc(OCC(=O)OC(C)(C)C)c(C)c1. The number of hydrogen-bond acceptors (Lipinski definition) is 5. The lowest BCUT2D eigenvalue weighted by atomic mass is 10.1. The van der Waals surface area contributed by atoms with Crippen LogP contribution >= 0.6 is 0 Å². The van der Waals surface area contributed by atoms with Crippen LogP contribution < -0.4 is 4.74 Å². The van der Waals surface area contributed by atoms with Gasteiger partial charge in [0.25, 0.3) is 0 Å². The zero-order chi connectivity index (χ0) is 15.3. The molecular formula is C15H20O5. The van der Waals surface area contributed by atoms with Crippen LogP contribution in [0.2, 0.25) is 0 Å². The highest BCUT2D eigenvalue weighted by Crippen LogP contribution is 2.20. The van der Waals surface area contributed by atoms with E-state index in [4.69, 9.17) is 9.47 Å². The maximum absolute atomic E-state index is 11.5. The fourth-order valence-electron chi connectivity index (χ4n) is 1.56. The van der Waals surface area contributed by atoms with Crippen molar-refractivity contribution in [1.82, 2.24) is 0 Å². The number of carbonyl (C=O) groups is 2. The van der Waals surface area contributed by atoms with Crippen molar-refractivity contribution in [3.63, 3.8) is 0 Å². The van der Waals surface area contributed by atoms with Crippen LogP contribution in [0.25, 0.3) is 0 Å². The summed E-state index contributed by atoms with van der Waals surface area (Å²) in [7, 11) is 1.32. The smallest absolute Gasteiger partial charge is 0.344 e. The molecule has 0 radical (unpaired) electrons. The number of benzene rings is 1. The van der Waals surface area contributed by atoms with Crippen molar-refractivity contribution in [2.24, 2.45) is 0 Å². The van der Waals surface area contributed by atoms with E-state index in [0.717, 1.165) is 5.56 Å². The van der Waals surface area contributed by atoms with Crippen LogP contribution in [-0.2, 0) is 14.3 Å². The van der Waals surface area contributed by atoms with Gasteiger partial charge in [-0.3, -0.25) is 0 Å². The van der Waals surface area contributed by atoms with Crippen LogP contribution in [-0.4, -0.2) is 31.3 Å². The van der Waals surface area contributed by atoms with Gasteiger partial charge in [0.15, 0.2) is 6.61 Å². The van der Waals surface area contributed by atoms with E-state index in [1.807, 2.05) is 0 Å². The van der Waals surface area contributed by atoms with Crippen molar-refractivity contribution in [3.05, 3.63) is 29.3 Å². The molecule has 5 heteroatoms. The highest BCUT2D eigenvalue weighted by molar-refractivity contribution is 5.89. The molecule has 0 heterocycles. The molecule has 0 spiro atoms. The Hall–Kier alpha value is -2.04. The molecule has 110 valence electrons. The van der Waals surface area contributed by atoms with Gasteiger partial charge in [-0.15, -0.1) is 0 Å². The first kappa shape index (κ1) is 16.0. The van der Waals surface area contributed by atoms with Crippen LogP contribution in [0, 0.1) is 6.92 Å². The molecule has 0 saturated heterocycles. The van der Waals surface area contributed by atoms with Crippen molar-refractivity contribution in [3.8, 4) is 5.75 Å². The zero-order valence-corrected chi connectivity index (χ0v) is 12.5. The van der Waals surface area contributed by atoms with Crippen LogP contribution in [0.4, 0.5) is 0 Å². The molecule has 0 unspecified atom stereocenters. The molecule has 0 fully saturated rings. The normalized spacial score (nSPS) is 10.8. The maximum Gasteiger partial charge on any atom is 0.344 e. The van der Waals surface area contributed by atoms with Gasteiger partial charge in [-0.1, -0.05) is 0 Å². The highest BCUT2D eigenvalue weighted by atomic mass is 16.6. The van der Waals surface area contributed by atoms with E-state index < -0.39 is 17.5 Å². The Bertz CT molecular complexity index is 499. The molecular weight excluding hydrogens is 260 g/mol. The molecule has 0 bridgehead atoms. The molecule has 20 heavy (non-hydrogen) atoms. The lowest BCUT2D eigenvalue weighted by Gasteiger charge is -2.19. The topological polar surface area (TPSA) is 61.8 Å². The van der Waals surface area contributed by atoms with Crippen LogP contribution in [0.15, 0.2) is 18.2 Å². The molecule has 1 aromatic rings. The summed E-state index contributed by atoms with van der Waals surface area (Å²) in [6, 6.07) is 4.87. The van der Waals surface area contributed by atoms with E-state index in [1.165, 1.54) is 7.11 Å².